The van der Waals surface area contributed by atoms with Crippen molar-refractivity contribution in [2.75, 3.05) is 38.4 Å². The lowest BCUT2D eigenvalue weighted by Crippen LogP contribution is -2.39. The zero-order chi connectivity index (χ0) is 27.7. The van der Waals surface area contributed by atoms with E-state index >= 15 is 0 Å². The second kappa shape index (κ2) is 13.2. The molecule has 0 atom stereocenters. The van der Waals surface area contributed by atoms with Gasteiger partial charge in [-0.25, -0.2) is 13.8 Å². The fourth-order valence-electron chi connectivity index (χ4n) is 3.40. The molecule has 12 heteroatoms. The number of rotatable bonds is 12. The van der Waals surface area contributed by atoms with E-state index in [4.69, 9.17) is 18.9 Å². The van der Waals surface area contributed by atoms with Gasteiger partial charge in [-0.05, 0) is 51.3 Å². The van der Waals surface area contributed by atoms with Crippen LogP contribution in [0.15, 0.2) is 70.2 Å². The van der Waals surface area contributed by atoms with E-state index in [1.54, 1.807) is 18.2 Å². The van der Waals surface area contributed by atoms with Crippen LogP contribution in [0.3, 0.4) is 0 Å². The second-order valence-corrected chi connectivity index (χ2v) is 10.7. The molecule has 1 amide bonds. The van der Waals surface area contributed by atoms with Gasteiger partial charge in [0.15, 0.2) is 11.5 Å². The van der Waals surface area contributed by atoms with Crippen molar-refractivity contribution in [2.24, 2.45) is 5.10 Å². The molecule has 38 heavy (non-hydrogen) atoms. The van der Waals surface area contributed by atoms with E-state index in [0.29, 0.717) is 33.9 Å². The van der Waals surface area contributed by atoms with E-state index in [9.17, 15) is 13.2 Å². The van der Waals surface area contributed by atoms with Crippen molar-refractivity contribution in [1.82, 2.24) is 5.43 Å². The van der Waals surface area contributed by atoms with Crippen molar-refractivity contribution in [1.29, 1.82) is 0 Å². The molecule has 202 valence electrons. The number of benzene rings is 3. The third kappa shape index (κ3) is 7.62. The quantitative estimate of drug-likeness (QED) is 0.245. The highest BCUT2D eigenvalue weighted by atomic mass is 79.9. The Morgan fingerprint density at radius 3 is 2.34 bits per heavy atom. The van der Waals surface area contributed by atoms with Crippen LogP contribution in [0.4, 0.5) is 5.69 Å². The minimum atomic E-state index is -3.82. The lowest BCUT2D eigenvalue weighted by molar-refractivity contribution is -0.119. The molecule has 0 heterocycles. The number of hydrazone groups is 1. The van der Waals surface area contributed by atoms with Gasteiger partial charge in [-0.1, -0.05) is 30.3 Å². The second-order valence-electron chi connectivity index (χ2n) is 7.91. The standard InChI is InChI=1S/C26H28BrN3O7S/c1-34-20-10-11-22(23(14-20)35-2)30(38(4,32)33)16-25(31)29-28-15-19-12-21(27)26(24(13-19)36-3)37-17-18-8-6-5-7-9-18/h5-15H,16-17H2,1-4H3,(H,29,31)/b28-15+. The van der Waals surface area contributed by atoms with Gasteiger partial charge in [-0.2, -0.15) is 5.10 Å². The van der Waals surface area contributed by atoms with E-state index in [-0.39, 0.29) is 11.4 Å². The molecule has 0 spiro atoms. The summed E-state index contributed by atoms with van der Waals surface area (Å²) < 4.78 is 48.3. The summed E-state index contributed by atoms with van der Waals surface area (Å²) in [6, 6.07) is 17.8. The molecule has 10 nitrogen and oxygen atoms in total. The first-order valence-electron chi connectivity index (χ1n) is 11.2. The first-order valence-corrected chi connectivity index (χ1v) is 13.9. The van der Waals surface area contributed by atoms with E-state index < -0.39 is 22.5 Å². The monoisotopic (exact) mass is 605 g/mol. The van der Waals surface area contributed by atoms with Crippen molar-refractivity contribution in [2.45, 2.75) is 6.61 Å². The van der Waals surface area contributed by atoms with Crippen LogP contribution in [0, 0.1) is 0 Å². The maximum Gasteiger partial charge on any atom is 0.260 e. The molecule has 0 aliphatic heterocycles. The lowest BCUT2D eigenvalue weighted by Gasteiger charge is -2.23. The topological polar surface area (TPSA) is 116 Å². The number of nitrogens with one attached hydrogen (secondary N) is 1. The van der Waals surface area contributed by atoms with Crippen LogP contribution in [0.2, 0.25) is 0 Å². The van der Waals surface area contributed by atoms with Gasteiger partial charge in [-0.15, -0.1) is 0 Å². The number of nitrogens with zero attached hydrogens (tertiary/aromatic N) is 2. The molecule has 0 aliphatic rings. The normalized spacial score (nSPS) is 11.2. The molecular formula is C26H28BrN3O7S. The number of methoxy groups -OCH3 is 3. The van der Waals surface area contributed by atoms with Crippen LogP contribution in [-0.2, 0) is 21.4 Å². The Hall–Kier alpha value is -3.77. The van der Waals surface area contributed by atoms with Crippen molar-refractivity contribution < 1.29 is 32.2 Å². The Bertz CT molecular complexity index is 1400. The fraction of sp³-hybridized carbons (Fsp3) is 0.231. The average molecular weight is 606 g/mol. The number of anilines is 1. The van der Waals surface area contributed by atoms with Crippen LogP contribution in [0.5, 0.6) is 23.0 Å². The number of hydrogen-bond acceptors (Lipinski definition) is 8. The zero-order valence-corrected chi connectivity index (χ0v) is 23.7. The smallest absolute Gasteiger partial charge is 0.260 e. The summed E-state index contributed by atoms with van der Waals surface area (Å²) in [7, 11) is 0.573. The molecule has 3 rings (SSSR count). The van der Waals surface area contributed by atoms with Crippen LogP contribution in [-0.4, -0.2) is 54.7 Å². The predicted molar refractivity (Wildman–Crippen MR) is 149 cm³/mol. The maximum atomic E-state index is 12.6. The molecule has 0 radical (unpaired) electrons. The van der Waals surface area contributed by atoms with Gasteiger partial charge in [-0.3, -0.25) is 9.10 Å². The largest absolute Gasteiger partial charge is 0.497 e. The van der Waals surface area contributed by atoms with Crippen molar-refractivity contribution in [3.8, 4) is 23.0 Å². The first-order chi connectivity index (χ1) is 18.2. The van der Waals surface area contributed by atoms with Gasteiger partial charge in [0, 0.05) is 6.07 Å². The first kappa shape index (κ1) is 28.8. The van der Waals surface area contributed by atoms with Gasteiger partial charge >= 0.3 is 0 Å². The number of carbonyl (C=O) groups is 1. The molecule has 3 aromatic carbocycles. The number of ether oxygens (including phenoxy) is 4. The lowest BCUT2D eigenvalue weighted by atomic mass is 10.2. The van der Waals surface area contributed by atoms with E-state index in [1.165, 1.54) is 39.7 Å². The Labute approximate surface area is 230 Å². The van der Waals surface area contributed by atoms with Gasteiger partial charge in [0.25, 0.3) is 5.91 Å². The summed E-state index contributed by atoms with van der Waals surface area (Å²) in [6.07, 6.45) is 2.41. The molecule has 3 aromatic rings. The van der Waals surface area contributed by atoms with Crippen LogP contribution >= 0.6 is 15.9 Å². The van der Waals surface area contributed by atoms with Crippen molar-refractivity contribution in [3.05, 3.63) is 76.3 Å². The molecule has 0 saturated heterocycles. The third-order valence-electron chi connectivity index (χ3n) is 5.22. The zero-order valence-electron chi connectivity index (χ0n) is 21.3. The summed E-state index contributed by atoms with van der Waals surface area (Å²) in [6.45, 7) is -0.159. The molecule has 0 aromatic heterocycles. The van der Waals surface area contributed by atoms with Crippen LogP contribution in [0.1, 0.15) is 11.1 Å². The predicted octanol–water partition coefficient (Wildman–Crippen LogP) is 3.97. The molecular weight excluding hydrogens is 578 g/mol. The number of halogens is 1. The van der Waals surface area contributed by atoms with Gasteiger partial charge in [0.05, 0.1) is 44.0 Å². The fourth-order valence-corrected chi connectivity index (χ4v) is 4.83. The SMILES string of the molecule is COc1ccc(N(CC(=O)N/N=C/c2cc(Br)c(OCc3ccccc3)c(OC)c2)S(C)(=O)=O)c(OC)c1. The highest BCUT2D eigenvalue weighted by molar-refractivity contribution is 9.10. The summed E-state index contributed by atoms with van der Waals surface area (Å²) in [5, 5.41) is 3.97. The maximum absolute atomic E-state index is 12.6. The van der Waals surface area contributed by atoms with Gasteiger partial charge in [0.2, 0.25) is 10.0 Å². The third-order valence-corrected chi connectivity index (χ3v) is 6.94. The van der Waals surface area contributed by atoms with Gasteiger partial charge < -0.3 is 18.9 Å². The number of carbonyl (C=O) groups excluding carboxylic acids is 1. The van der Waals surface area contributed by atoms with Crippen LogP contribution < -0.4 is 28.7 Å². The van der Waals surface area contributed by atoms with E-state index in [1.807, 2.05) is 30.3 Å². The highest BCUT2D eigenvalue weighted by Gasteiger charge is 2.24. The Morgan fingerprint density at radius 1 is 1.00 bits per heavy atom. The average Bonchev–Trinajstić information content (AvgIpc) is 2.90. The molecule has 0 bridgehead atoms. The number of amides is 1. The minimum Gasteiger partial charge on any atom is -0.497 e. The summed E-state index contributed by atoms with van der Waals surface area (Å²) >= 11 is 3.49. The summed E-state index contributed by atoms with van der Waals surface area (Å²) in [4.78, 5) is 12.6. The molecule has 0 aliphatic carbocycles. The Kier molecular flexibility index (Phi) is 9.97. The van der Waals surface area contributed by atoms with Crippen molar-refractivity contribution >= 4 is 43.8 Å². The van der Waals surface area contributed by atoms with E-state index in [0.717, 1.165) is 16.1 Å². The van der Waals surface area contributed by atoms with Crippen molar-refractivity contribution in [3.63, 3.8) is 0 Å². The molecule has 0 unspecified atom stereocenters. The van der Waals surface area contributed by atoms with Gasteiger partial charge in [0.1, 0.15) is 24.7 Å². The Morgan fingerprint density at radius 2 is 1.71 bits per heavy atom. The summed E-state index contributed by atoms with van der Waals surface area (Å²) in [5.41, 5.74) is 4.16. The Balaban J connectivity index is 1.71. The van der Waals surface area contributed by atoms with Crippen LogP contribution in [0.25, 0.3) is 0 Å². The number of hydrogen-bond donors (Lipinski definition) is 1. The minimum absolute atomic E-state index is 0.190. The molecule has 1 N–H and O–H groups in total. The van der Waals surface area contributed by atoms with E-state index in [2.05, 4.69) is 26.5 Å². The molecule has 0 saturated carbocycles. The highest BCUT2D eigenvalue weighted by Crippen LogP contribution is 2.37. The summed E-state index contributed by atoms with van der Waals surface area (Å²) in [5.74, 6) is 1.05. The molecule has 0 fully saturated rings. The number of sulfonamides is 1.